The first-order chi connectivity index (χ1) is 10.2. The Morgan fingerprint density at radius 2 is 2.00 bits per heavy atom. The number of hydrogen-bond donors (Lipinski definition) is 1. The minimum atomic E-state index is 0.0951. The van der Waals surface area contributed by atoms with E-state index in [0.717, 1.165) is 13.0 Å². The molecule has 3 atom stereocenters. The molecule has 1 aliphatic heterocycles. The third-order valence-electron chi connectivity index (χ3n) is 4.99. The summed E-state index contributed by atoms with van der Waals surface area (Å²) < 4.78 is 0. The summed E-state index contributed by atoms with van der Waals surface area (Å²) in [6.45, 7) is 8.07. The van der Waals surface area contributed by atoms with E-state index in [1.54, 1.807) is 0 Å². The molecule has 21 heavy (non-hydrogen) atoms. The molecule has 3 nitrogen and oxygen atoms in total. The first-order valence-corrected chi connectivity index (χ1v) is 8.42. The van der Waals surface area contributed by atoms with Crippen molar-refractivity contribution in [2.24, 2.45) is 5.73 Å². The normalized spacial score (nSPS) is 22.6. The van der Waals surface area contributed by atoms with Crippen LogP contribution in [0.2, 0.25) is 0 Å². The average Bonchev–Trinajstić information content (AvgIpc) is 2.96. The van der Waals surface area contributed by atoms with Crippen LogP contribution in [0.1, 0.15) is 44.7 Å². The fourth-order valence-corrected chi connectivity index (χ4v) is 3.72. The summed E-state index contributed by atoms with van der Waals surface area (Å²) in [6, 6.07) is 11.7. The molecule has 118 valence electrons. The Morgan fingerprint density at radius 3 is 2.62 bits per heavy atom. The van der Waals surface area contributed by atoms with Crippen LogP contribution in [0.5, 0.6) is 0 Å². The first-order valence-electron chi connectivity index (χ1n) is 8.42. The lowest BCUT2D eigenvalue weighted by atomic mass is 9.96. The Balaban J connectivity index is 1.99. The zero-order valence-electron chi connectivity index (χ0n) is 13.8. The second-order valence-electron chi connectivity index (χ2n) is 6.28. The molecule has 0 aromatic heterocycles. The SMILES string of the molecule is CCC(C(N)c1ccccc1)N(C)CC1CCCN1CC. The molecular weight excluding hydrogens is 258 g/mol. The minimum absolute atomic E-state index is 0.0951. The molecule has 1 heterocycles. The number of nitrogens with two attached hydrogens (primary N) is 1. The van der Waals surface area contributed by atoms with E-state index < -0.39 is 0 Å². The van der Waals surface area contributed by atoms with Crippen LogP contribution in [0.15, 0.2) is 30.3 Å². The summed E-state index contributed by atoms with van der Waals surface area (Å²) in [5, 5.41) is 0. The van der Waals surface area contributed by atoms with E-state index in [2.05, 4.69) is 61.0 Å². The van der Waals surface area contributed by atoms with E-state index in [-0.39, 0.29) is 6.04 Å². The Kier molecular flexibility index (Phi) is 6.22. The van der Waals surface area contributed by atoms with Gasteiger partial charge in [-0.2, -0.15) is 0 Å². The zero-order chi connectivity index (χ0) is 15.2. The molecule has 0 spiro atoms. The standard InChI is InChI=1S/C18H31N3/c1-4-17(18(19)15-10-7-6-8-11-15)20(3)14-16-12-9-13-21(16)5-2/h6-8,10-11,16-18H,4-5,9,12-14,19H2,1-3H3. The van der Waals surface area contributed by atoms with Crippen LogP contribution in [0.4, 0.5) is 0 Å². The van der Waals surface area contributed by atoms with Gasteiger partial charge in [0.15, 0.2) is 0 Å². The van der Waals surface area contributed by atoms with Crippen LogP contribution in [-0.2, 0) is 0 Å². The van der Waals surface area contributed by atoms with Crippen molar-refractivity contribution < 1.29 is 0 Å². The fraction of sp³-hybridized carbons (Fsp3) is 0.667. The quantitative estimate of drug-likeness (QED) is 0.838. The van der Waals surface area contributed by atoms with Gasteiger partial charge in [0.1, 0.15) is 0 Å². The Bertz CT molecular complexity index is 406. The number of likely N-dealkylation sites (N-methyl/N-ethyl adjacent to an activating group) is 2. The van der Waals surface area contributed by atoms with Crippen LogP contribution in [-0.4, -0.2) is 48.6 Å². The first kappa shape index (κ1) is 16.5. The van der Waals surface area contributed by atoms with Gasteiger partial charge in [-0.1, -0.05) is 44.2 Å². The van der Waals surface area contributed by atoms with Crippen molar-refractivity contribution in [1.29, 1.82) is 0 Å². The van der Waals surface area contributed by atoms with Crippen LogP contribution in [0.3, 0.4) is 0 Å². The summed E-state index contributed by atoms with van der Waals surface area (Å²) in [4.78, 5) is 5.09. The van der Waals surface area contributed by atoms with Crippen LogP contribution >= 0.6 is 0 Å². The molecule has 1 aliphatic rings. The molecule has 2 rings (SSSR count). The number of likely N-dealkylation sites (tertiary alicyclic amines) is 1. The van der Waals surface area contributed by atoms with E-state index in [0.29, 0.717) is 12.1 Å². The van der Waals surface area contributed by atoms with E-state index >= 15 is 0 Å². The number of hydrogen-bond acceptors (Lipinski definition) is 3. The molecule has 1 aromatic carbocycles. The van der Waals surface area contributed by atoms with Gasteiger partial charge in [0, 0.05) is 24.7 Å². The molecule has 0 aliphatic carbocycles. The largest absolute Gasteiger partial charge is 0.323 e. The molecule has 1 fully saturated rings. The number of nitrogens with zero attached hydrogens (tertiary/aromatic N) is 2. The third kappa shape index (κ3) is 4.06. The highest BCUT2D eigenvalue weighted by Crippen LogP contribution is 2.23. The molecule has 2 N–H and O–H groups in total. The molecule has 3 heteroatoms. The smallest absolute Gasteiger partial charge is 0.0452 e. The molecule has 0 bridgehead atoms. The second kappa shape index (κ2) is 7.92. The van der Waals surface area contributed by atoms with Crippen LogP contribution in [0, 0.1) is 0 Å². The van der Waals surface area contributed by atoms with E-state index in [1.807, 2.05) is 0 Å². The summed E-state index contributed by atoms with van der Waals surface area (Å²) in [5.41, 5.74) is 7.78. The molecule has 0 radical (unpaired) electrons. The molecule has 0 saturated carbocycles. The lowest BCUT2D eigenvalue weighted by Crippen LogP contribution is -2.46. The van der Waals surface area contributed by atoms with Gasteiger partial charge >= 0.3 is 0 Å². The summed E-state index contributed by atoms with van der Waals surface area (Å²) >= 11 is 0. The van der Waals surface area contributed by atoms with Crippen LogP contribution in [0.25, 0.3) is 0 Å². The van der Waals surface area contributed by atoms with Gasteiger partial charge in [0.25, 0.3) is 0 Å². The zero-order valence-corrected chi connectivity index (χ0v) is 13.8. The molecule has 1 aromatic rings. The van der Waals surface area contributed by atoms with Crippen molar-refractivity contribution in [3.8, 4) is 0 Å². The van der Waals surface area contributed by atoms with Gasteiger partial charge in [-0.15, -0.1) is 0 Å². The maximum atomic E-state index is 6.54. The van der Waals surface area contributed by atoms with E-state index in [9.17, 15) is 0 Å². The minimum Gasteiger partial charge on any atom is -0.323 e. The van der Waals surface area contributed by atoms with Gasteiger partial charge in [0.05, 0.1) is 0 Å². The highest BCUT2D eigenvalue weighted by Gasteiger charge is 2.28. The molecule has 0 amide bonds. The van der Waals surface area contributed by atoms with Gasteiger partial charge < -0.3 is 5.73 Å². The van der Waals surface area contributed by atoms with Crippen molar-refractivity contribution in [3.63, 3.8) is 0 Å². The fourth-order valence-electron chi connectivity index (χ4n) is 3.72. The summed E-state index contributed by atoms with van der Waals surface area (Å²) in [5.74, 6) is 0. The van der Waals surface area contributed by atoms with Gasteiger partial charge in [-0.3, -0.25) is 9.80 Å². The topological polar surface area (TPSA) is 32.5 Å². The molecule has 1 saturated heterocycles. The summed E-state index contributed by atoms with van der Waals surface area (Å²) in [6.07, 6.45) is 3.76. The van der Waals surface area contributed by atoms with Gasteiger partial charge in [-0.25, -0.2) is 0 Å². The average molecular weight is 289 g/mol. The maximum Gasteiger partial charge on any atom is 0.0452 e. The summed E-state index contributed by atoms with van der Waals surface area (Å²) in [7, 11) is 2.24. The van der Waals surface area contributed by atoms with E-state index in [4.69, 9.17) is 5.73 Å². The lowest BCUT2D eigenvalue weighted by Gasteiger charge is -2.36. The van der Waals surface area contributed by atoms with Gasteiger partial charge in [-0.05, 0) is 45.0 Å². The van der Waals surface area contributed by atoms with Crippen molar-refractivity contribution in [1.82, 2.24) is 9.80 Å². The van der Waals surface area contributed by atoms with Crippen molar-refractivity contribution in [3.05, 3.63) is 35.9 Å². The maximum absolute atomic E-state index is 6.54. The molecule has 3 unspecified atom stereocenters. The highest BCUT2D eigenvalue weighted by atomic mass is 15.2. The third-order valence-corrected chi connectivity index (χ3v) is 4.99. The predicted octanol–water partition coefficient (Wildman–Crippen LogP) is 2.88. The Labute approximate surface area is 130 Å². The van der Waals surface area contributed by atoms with E-state index in [1.165, 1.54) is 31.5 Å². The number of benzene rings is 1. The highest BCUT2D eigenvalue weighted by molar-refractivity contribution is 5.20. The second-order valence-corrected chi connectivity index (χ2v) is 6.28. The molecular formula is C18H31N3. The number of rotatable bonds is 7. The Hall–Kier alpha value is -0.900. The van der Waals surface area contributed by atoms with Crippen LogP contribution < -0.4 is 5.73 Å². The predicted molar refractivity (Wildman–Crippen MR) is 90.3 cm³/mol. The van der Waals surface area contributed by atoms with Crippen molar-refractivity contribution in [2.45, 2.75) is 51.2 Å². The van der Waals surface area contributed by atoms with Gasteiger partial charge in [0.2, 0.25) is 0 Å². The van der Waals surface area contributed by atoms with Crippen molar-refractivity contribution in [2.75, 3.05) is 26.7 Å². The monoisotopic (exact) mass is 289 g/mol. The lowest BCUT2D eigenvalue weighted by molar-refractivity contribution is 0.145. The van der Waals surface area contributed by atoms with Crippen molar-refractivity contribution >= 4 is 0 Å². The Morgan fingerprint density at radius 1 is 1.29 bits per heavy atom.